The molecule has 2 rings (SSSR count). The van der Waals surface area contributed by atoms with Crippen molar-refractivity contribution >= 4 is 17.7 Å². The fourth-order valence-corrected chi connectivity index (χ4v) is 2.57. The van der Waals surface area contributed by atoms with Crippen LogP contribution in [0.1, 0.15) is 23.2 Å². The number of aliphatic hydroxyl groups is 1. The first kappa shape index (κ1) is 12.9. The van der Waals surface area contributed by atoms with Crippen LogP contribution in [0.4, 0.5) is 0 Å². The molecule has 0 atom stereocenters. The highest BCUT2D eigenvalue weighted by molar-refractivity contribution is 7.99. The molecule has 0 aromatic heterocycles. The lowest BCUT2D eigenvalue weighted by Gasteiger charge is -2.32. The summed E-state index contributed by atoms with van der Waals surface area (Å²) in [6.07, 6.45) is 0.969. The van der Waals surface area contributed by atoms with Crippen LogP contribution in [0.15, 0.2) is 29.2 Å². The number of hydrogen-bond donors (Lipinski definition) is 2. The maximum Gasteiger partial charge on any atom is 0.252 e. The van der Waals surface area contributed by atoms with Gasteiger partial charge in [0.05, 0.1) is 23.5 Å². The number of carbonyl (C=O) groups excluding carboxylic acids is 1. The minimum atomic E-state index is -0.279. The van der Waals surface area contributed by atoms with Crippen LogP contribution in [-0.4, -0.2) is 28.9 Å². The number of nitrogens with one attached hydrogen (secondary N) is 1. The third-order valence-electron chi connectivity index (χ3n) is 2.87. The van der Waals surface area contributed by atoms with E-state index in [2.05, 4.69) is 5.32 Å². The molecule has 1 aromatic rings. The number of amides is 1. The zero-order valence-electron chi connectivity index (χ0n) is 9.80. The zero-order chi connectivity index (χ0) is 13.0. The van der Waals surface area contributed by atoms with Crippen molar-refractivity contribution in [1.82, 2.24) is 5.32 Å². The molecular weight excluding hydrogens is 248 g/mol. The predicted octanol–water partition coefficient (Wildman–Crippen LogP) is 1.56. The van der Waals surface area contributed by atoms with Crippen LogP contribution < -0.4 is 5.32 Å². The molecule has 1 aromatic carbocycles. The summed E-state index contributed by atoms with van der Waals surface area (Å²) in [4.78, 5) is 12.9. The average Bonchev–Trinajstić information content (AvgIpc) is 2.34. The van der Waals surface area contributed by atoms with Gasteiger partial charge in [-0.2, -0.15) is 5.26 Å². The summed E-state index contributed by atoms with van der Waals surface area (Å²) in [7, 11) is 0. The fraction of sp³-hybridized carbons (Fsp3) is 0.385. The van der Waals surface area contributed by atoms with Gasteiger partial charge in [-0.3, -0.25) is 4.79 Å². The molecule has 0 unspecified atom stereocenters. The van der Waals surface area contributed by atoms with Crippen molar-refractivity contribution in [1.29, 1.82) is 5.26 Å². The Balaban J connectivity index is 2.02. The Hall–Kier alpha value is -1.51. The Morgan fingerprint density at radius 2 is 2.22 bits per heavy atom. The molecular formula is C13H14N2O2S. The highest BCUT2D eigenvalue weighted by Gasteiger charge is 2.29. The molecule has 0 bridgehead atoms. The fourth-order valence-electron chi connectivity index (χ4n) is 1.86. The van der Waals surface area contributed by atoms with E-state index >= 15 is 0 Å². The van der Waals surface area contributed by atoms with Crippen LogP contribution in [0, 0.1) is 11.3 Å². The molecule has 1 aliphatic carbocycles. The molecule has 0 heterocycles. The zero-order valence-corrected chi connectivity index (χ0v) is 10.6. The molecule has 94 valence electrons. The van der Waals surface area contributed by atoms with E-state index in [1.54, 1.807) is 12.1 Å². The van der Waals surface area contributed by atoms with Crippen LogP contribution in [0.5, 0.6) is 0 Å². The normalized spacial score (nSPS) is 21.8. The second-order valence-electron chi connectivity index (χ2n) is 4.24. The quantitative estimate of drug-likeness (QED) is 0.808. The predicted molar refractivity (Wildman–Crippen MR) is 69.3 cm³/mol. The number of rotatable bonds is 4. The summed E-state index contributed by atoms with van der Waals surface area (Å²) in [5, 5.41) is 20.6. The molecule has 2 N–H and O–H groups in total. The maximum atomic E-state index is 12.0. The van der Waals surface area contributed by atoms with Gasteiger partial charge in [0.2, 0.25) is 0 Å². The molecule has 0 spiro atoms. The number of carbonyl (C=O) groups is 1. The van der Waals surface area contributed by atoms with Crippen molar-refractivity contribution in [2.45, 2.75) is 29.9 Å². The smallest absolute Gasteiger partial charge is 0.252 e. The Kier molecular flexibility index (Phi) is 4.24. The van der Waals surface area contributed by atoms with Crippen LogP contribution in [0.25, 0.3) is 0 Å². The summed E-state index contributed by atoms with van der Waals surface area (Å²) in [6.45, 7) is 0. The highest BCUT2D eigenvalue weighted by Crippen LogP contribution is 2.24. The number of aliphatic hydroxyl groups excluding tert-OH is 1. The van der Waals surface area contributed by atoms with E-state index in [0.717, 1.165) is 4.90 Å². The van der Waals surface area contributed by atoms with Gasteiger partial charge in [0, 0.05) is 10.9 Å². The summed E-state index contributed by atoms with van der Waals surface area (Å²) >= 11 is 1.36. The van der Waals surface area contributed by atoms with Crippen LogP contribution in [0.3, 0.4) is 0 Å². The van der Waals surface area contributed by atoms with Crippen LogP contribution in [0.2, 0.25) is 0 Å². The summed E-state index contributed by atoms with van der Waals surface area (Å²) in [5.74, 6) is 0.194. The van der Waals surface area contributed by atoms with E-state index in [1.807, 2.05) is 18.2 Å². The van der Waals surface area contributed by atoms with Gasteiger partial charge in [0.1, 0.15) is 0 Å². The molecule has 0 aliphatic heterocycles. The molecule has 1 amide bonds. The second-order valence-corrected chi connectivity index (χ2v) is 5.26. The third kappa shape index (κ3) is 3.03. The van der Waals surface area contributed by atoms with Crippen molar-refractivity contribution in [2.75, 3.05) is 5.75 Å². The van der Waals surface area contributed by atoms with Gasteiger partial charge in [-0.1, -0.05) is 12.1 Å². The SMILES string of the molecule is N#CCSc1ccccc1C(=O)NC1CC(O)C1. The van der Waals surface area contributed by atoms with Gasteiger partial charge in [0.25, 0.3) is 5.91 Å². The summed E-state index contributed by atoms with van der Waals surface area (Å²) in [5.41, 5.74) is 0.596. The van der Waals surface area contributed by atoms with Gasteiger partial charge in [-0.05, 0) is 25.0 Å². The molecule has 1 saturated carbocycles. The van der Waals surface area contributed by atoms with Crippen molar-refractivity contribution in [3.8, 4) is 6.07 Å². The number of benzene rings is 1. The van der Waals surface area contributed by atoms with Crippen molar-refractivity contribution in [2.24, 2.45) is 0 Å². The number of thioether (sulfide) groups is 1. The maximum absolute atomic E-state index is 12.0. The molecule has 5 heteroatoms. The lowest BCUT2D eigenvalue weighted by molar-refractivity contribution is 0.0561. The standard InChI is InChI=1S/C13H14N2O2S/c14-5-6-18-12-4-2-1-3-11(12)13(17)15-9-7-10(16)8-9/h1-4,9-10,16H,6-8H2,(H,15,17). The molecule has 1 fully saturated rings. The molecule has 4 nitrogen and oxygen atoms in total. The van der Waals surface area contributed by atoms with E-state index in [9.17, 15) is 9.90 Å². The van der Waals surface area contributed by atoms with Crippen molar-refractivity contribution < 1.29 is 9.90 Å². The second kappa shape index (κ2) is 5.89. The van der Waals surface area contributed by atoms with E-state index in [0.29, 0.717) is 24.2 Å². The third-order valence-corrected chi connectivity index (χ3v) is 3.81. The lowest BCUT2D eigenvalue weighted by atomic mass is 9.89. The lowest BCUT2D eigenvalue weighted by Crippen LogP contribution is -2.46. The monoisotopic (exact) mass is 262 g/mol. The first-order valence-electron chi connectivity index (χ1n) is 5.78. The van der Waals surface area contributed by atoms with Gasteiger partial charge >= 0.3 is 0 Å². The minimum Gasteiger partial charge on any atom is -0.393 e. The van der Waals surface area contributed by atoms with Crippen molar-refractivity contribution in [3.05, 3.63) is 29.8 Å². The van der Waals surface area contributed by atoms with Gasteiger partial charge in [0.15, 0.2) is 0 Å². The number of nitriles is 1. The highest BCUT2D eigenvalue weighted by atomic mass is 32.2. The topological polar surface area (TPSA) is 73.1 Å². The van der Waals surface area contributed by atoms with Crippen LogP contribution in [-0.2, 0) is 0 Å². The first-order valence-corrected chi connectivity index (χ1v) is 6.77. The van der Waals surface area contributed by atoms with Gasteiger partial charge in [-0.15, -0.1) is 11.8 Å². The Morgan fingerprint density at radius 1 is 1.50 bits per heavy atom. The number of hydrogen-bond acceptors (Lipinski definition) is 4. The molecule has 18 heavy (non-hydrogen) atoms. The summed E-state index contributed by atoms with van der Waals surface area (Å²) < 4.78 is 0. The molecule has 0 saturated heterocycles. The van der Waals surface area contributed by atoms with E-state index in [1.165, 1.54) is 11.8 Å². The van der Waals surface area contributed by atoms with Crippen LogP contribution >= 0.6 is 11.8 Å². The Labute approximate surface area is 110 Å². The van der Waals surface area contributed by atoms with E-state index < -0.39 is 0 Å². The van der Waals surface area contributed by atoms with Crippen molar-refractivity contribution in [3.63, 3.8) is 0 Å². The summed E-state index contributed by atoms with van der Waals surface area (Å²) in [6, 6.07) is 9.37. The Morgan fingerprint density at radius 3 is 2.89 bits per heavy atom. The van der Waals surface area contributed by atoms with Gasteiger partial charge in [-0.25, -0.2) is 0 Å². The van der Waals surface area contributed by atoms with E-state index in [4.69, 9.17) is 5.26 Å². The Bertz CT molecular complexity index is 478. The number of nitrogens with zero attached hydrogens (tertiary/aromatic N) is 1. The largest absolute Gasteiger partial charge is 0.393 e. The van der Waals surface area contributed by atoms with E-state index in [-0.39, 0.29) is 18.1 Å². The minimum absolute atomic E-state index is 0.0709. The van der Waals surface area contributed by atoms with Gasteiger partial charge < -0.3 is 10.4 Å². The molecule has 1 aliphatic rings. The molecule has 0 radical (unpaired) electrons. The first-order chi connectivity index (χ1) is 8.70. The average molecular weight is 262 g/mol.